The van der Waals surface area contributed by atoms with Gasteiger partial charge in [-0.05, 0) is 62.6 Å². The van der Waals surface area contributed by atoms with Crippen LogP contribution in [0.25, 0.3) is 0 Å². The molecule has 0 saturated heterocycles. The summed E-state index contributed by atoms with van der Waals surface area (Å²) in [5, 5.41) is 3.02. The van der Waals surface area contributed by atoms with Crippen LogP contribution < -0.4 is 14.8 Å². The fraction of sp³-hybridized carbons (Fsp3) is 0.381. The summed E-state index contributed by atoms with van der Waals surface area (Å²) in [5.41, 5.74) is 2.23. The van der Waals surface area contributed by atoms with E-state index in [0.29, 0.717) is 26.1 Å². The molecule has 0 bridgehead atoms. The Bertz CT molecular complexity index is 667. The Balaban J connectivity index is 1.70. The van der Waals surface area contributed by atoms with Gasteiger partial charge in [0.05, 0.1) is 19.3 Å². The molecule has 4 nitrogen and oxygen atoms in total. The lowest BCUT2D eigenvalue weighted by molar-refractivity contribution is -0.121. The summed E-state index contributed by atoms with van der Waals surface area (Å²) in [6.07, 6.45) is 1.14. The molecule has 0 aromatic heterocycles. The van der Waals surface area contributed by atoms with Gasteiger partial charge < -0.3 is 14.8 Å². The minimum absolute atomic E-state index is 0.0270. The summed E-state index contributed by atoms with van der Waals surface area (Å²) < 4.78 is 11.1. The summed E-state index contributed by atoms with van der Waals surface area (Å²) in [5.74, 6) is 1.73. The summed E-state index contributed by atoms with van der Waals surface area (Å²) in [7, 11) is 0. The number of hydrogen-bond acceptors (Lipinski definition) is 3. The van der Waals surface area contributed by atoms with E-state index in [1.807, 2.05) is 69.3 Å². The average molecular weight is 341 g/mol. The van der Waals surface area contributed by atoms with E-state index in [4.69, 9.17) is 9.47 Å². The van der Waals surface area contributed by atoms with Crippen molar-refractivity contribution >= 4 is 5.91 Å². The van der Waals surface area contributed by atoms with Gasteiger partial charge in [-0.15, -0.1) is 0 Å². The number of aryl methyl sites for hydroxylation is 1. The molecular weight excluding hydrogens is 314 g/mol. The number of benzene rings is 2. The van der Waals surface area contributed by atoms with Gasteiger partial charge in [0.2, 0.25) is 5.91 Å². The Hall–Kier alpha value is -2.49. The normalized spacial score (nSPS) is 11.6. The third kappa shape index (κ3) is 6.49. The van der Waals surface area contributed by atoms with E-state index in [-0.39, 0.29) is 11.9 Å². The molecule has 0 radical (unpaired) electrons. The van der Waals surface area contributed by atoms with Crippen LogP contribution >= 0.6 is 0 Å². The zero-order valence-corrected chi connectivity index (χ0v) is 15.2. The highest BCUT2D eigenvalue weighted by Gasteiger charge is 2.09. The van der Waals surface area contributed by atoms with Crippen molar-refractivity contribution in [3.63, 3.8) is 0 Å². The second-order valence-electron chi connectivity index (χ2n) is 6.06. The fourth-order valence-electron chi connectivity index (χ4n) is 2.54. The molecule has 0 fully saturated rings. The van der Waals surface area contributed by atoms with Crippen LogP contribution in [-0.4, -0.2) is 19.1 Å². The van der Waals surface area contributed by atoms with Crippen molar-refractivity contribution in [2.45, 2.75) is 39.7 Å². The molecule has 1 amide bonds. The monoisotopic (exact) mass is 341 g/mol. The number of carbonyl (C=O) groups excluding carboxylic acids is 1. The van der Waals surface area contributed by atoms with Gasteiger partial charge in [0.25, 0.3) is 0 Å². The van der Waals surface area contributed by atoms with Crippen molar-refractivity contribution in [2.24, 2.45) is 0 Å². The molecule has 1 unspecified atom stereocenters. The molecule has 0 saturated carbocycles. The van der Waals surface area contributed by atoms with Gasteiger partial charge in [0.1, 0.15) is 11.5 Å². The van der Waals surface area contributed by atoms with Crippen LogP contribution in [0.5, 0.6) is 11.5 Å². The van der Waals surface area contributed by atoms with Gasteiger partial charge in [-0.2, -0.15) is 0 Å². The van der Waals surface area contributed by atoms with Crippen LogP contribution in [0.3, 0.4) is 0 Å². The van der Waals surface area contributed by atoms with Crippen LogP contribution in [-0.2, 0) is 4.79 Å². The summed E-state index contributed by atoms with van der Waals surface area (Å²) in [4.78, 5) is 12.1. The number of carbonyl (C=O) groups is 1. The molecule has 25 heavy (non-hydrogen) atoms. The van der Waals surface area contributed by atoms with Crippen LogP contribution in [0, 0.1) is 6.92 Å². The molecule has 0 heterocycles. The van der Waals surface area contributed by atoms with E-state index in [0.717, 1.165) is 17.1 Å². The first-order valence-corrected chi connectivity index (χ1v) is 8.80. The molecule has 1 N–H and O–H groups in total. The predicted molar refractivity (Wildman–Crippen MR) is 100 cm³/mol. The predicted octanol–water partition coefficient (Wildman–Crippen LogP) is 4.43. The first-order valence-electron chi connectivity index (χ1n) is 8.80. The van der Waals surface area contributed by atoms with E-state index in [9.17, 15) is 4.79 Å². The minimum atomic E-state index is -0.0270. The maximum atomic E-state index is 12.1. The SMILES string of the molecule is CCOc1ccc(C(C)NC(=O)CCCOc2cccc(C)c2)cc1. The molecule has 1 atom stereocenters. The standard InChI is InChI=1S/C21H27NO3/c1-4-24-19-12-10-18(11-13-19)17(3)22-21(23)9-6-14-25-20-8-5-7-16(2)15-20/h5,7-8,10-13,15,17H,4,6,9,14H2,1-3H3,(H,22,23). The fourth-order valence-corrected chi connectivity index (χ4v) is 2.54. The van der Waals surface area contributed by atoms with Crippen molar-refractivity contribution in [1.82, 2.24) is 5.32 Å². The highest BCUT2D eigenvalue weighted by Crippen LogP contribution is 2.18. The maximum absolute atomic E-state index is 12.1. The number of amides is 1. The van der Waals surface area contributed by atoms with Crippen LogP contribution in [0.1, 0.15) is 43.9 Å². The van der Waals surface area contributed by atoms with Crippen LogP contribution in [0.4, 0.5) is 0 Å². The van der Waals surface area contributed by atoms with Crippen LogP contribution in [0.15, 0.2) is 48.5 Å². The summed E-state index contributed by atoms with van der Waals surface area (Å²) in [6, 6.07) is 15.7. The summed E-state index contributed by atoms with van der Waals surface area (Å²) >= 11 is 0. The molecule has 134 valence electrons. The molecule has 2 rings (SSSR count). The zero-order chi connectivity index (χ0) is 18.1. The number of hydrogen-bond donors (Lipinski definition) is 1. The van der Waals surface area contributed by atoms with Crippen molar-refractivity contribution in [1.29, 1.82) is 0 Å². The minimum Gasteiger partial charge on any atom is -0.494 e. The van der Waals surface area contributed by atoms with Gasteiger partial charge in [-0.25, -0.2) is 0 Å². The highest BCUT2D eigenvalue weighted by molar-refractivity contribution is 5.76. The average Bonchev–Trinajstić information content (AvgIpc) is 2.60. The van der Waals surface area contributed by atoms with Crippen LogP contribution in [0.2, 0.25) is 0 Å². The van der Waals surface area contributed by atoms with Gasteiger partial charge in [-0.3, -0.25) is 4.79 Å². The number of nitrogens with one attached hydrogen (secondary N) is 1. The third-order valence-electron chi connectivity index (χ3n) is 3.88. The molecule has 0 aliphatic heterocycles. The molecule has 0 aliphatic carbocycles. The quantitative estimate of drug-likeness (QED) is 0.686. The molecular formula is C21H27NO3. The molecule has 2 aromatic carbocycles. The van der Waals surface area contributed by atoms with E-state index in [1.165, 1.54) is 5.56 Å². The molecule has 0 spiro atoms. The van der Waals surface area contributed by atoms with E-state index in [1.54, 1.807) is 0 Å². The topological polar surface area (TPSA) is 47.6 Å². The highest BCUT2D eigenvalue weighted by atomic mass is 16.5. The van der Waals surface area contributed by atoms with Crippen molar-refractivity contribution in [3.8, 4) is 11.5 Å². The lowest BCUT2D eigenvalue weighted by atomic mass is 10.1. The van der Waals surface area contributed by atoms with Gasteiger partial charge in [-0.1, -0.05) is 24.3 Å². The maximum Gasteiger partial charge on any atom is 0.220 e. The number of ether oxygens (including phenoxy) is 2. The Morgan fingerprint density at radius 3 is 2.52 bits per heavy atom. The third-order valence-corrected chi connectivity index (χ3v) is 3.88. The Morgan fingerprint density at radius 2 is 1.84 bits per heavy atom. The van der Waals surface area contributed by atoms with Crippen molar-refractivity contribution in [2.75, 3.05) is 13.2 Å². The molecule has 2 aromatic rings. The Morgan fingerprint density at radius 1 is 1.08 bits per heavy atom. The Labute approximate surface area is 150 Å². The summed E-state index contributed by atoms with van der Waals surface area (Å²) in [6.45, 7) is 7.16. The molecule has 0 aliphatic rings. The van der Waals surface area contributed by atoms with Crippen molar-refractivity contribution in [3.05, 3.63) is 59.7 Å². The lowest BCUT2D eigenvalue weighted by Crippen LogP contribution is -2.26. The smallest absolute Gasteiger partial charge is 0.220 e. The second-order valence-corrected chi connectivity index (χ2v) is 6.06. The lowest BCUT2D eigenvalue weighted by Gasteiger charge is -2.15. The first kappa shape index (κ1) is 18.8. The molecule has 4 heteroatoms. The second kappa shape index (κ2) is 9.72. The van der Waals surface area contributed by atoms with E-state index >= 15 is 0 Å². The van der Waals surface area contributed by atoms with Gasteiger partial charge in [0.15, 0.2) is 0 Å². The number of rotatable bonds is 9. The first-order chi connectivity index (χ1) is 12.1. The Kier molecular flexibility index (Phi) is 7.33. The van der Waals surface area contributed by atoms with Gasteiger partial charge >= 0.3 is 0 Å². The van der Waals surface area contributed by atoms with Crippen molar-refractivity contribution < 1.29 is 14.3 Å². The van der Waals surface area contributed by atoms with E-state index < -0.39 is 0 Å². The largest absolute Gasteiger partial charge is 0.494 e. The van der Waals surface area contributed by atoms with Gasteiger partial charge in [0, 0.05) is 6.42 Å². The zero-order valence-electron chi connectivity index (χ0n) is 15.2. The van der Waals surface area contributed by atoms with E-state index in [2.05, 4.69) is 5.32 Å².